The van der Waals surface area contributed by atoms with Crippen LogP contribution in [0.2, 0.25) is 0 Å². The number of amides is 1. The van der Waals surface area contributed by atoms with Crippen LogP contribution in [-0.2, 0) is 4.79 Å². The molecule has 0 fully saturated rings. The molecule has 1 atom stereocenters. The smallest absolute Gasteiger partial charge is 0.224 e. The van der Waals surface area contributed by atoms with Gasteiger partial charge in [0.25, 0.3) is 0 Å². The van der Waals surface area contributed by atoms with Gasteiger partial charge in [0, 0.05) is 18.8 Å². The molecule has 1 N–H and O–H groups in total. The van der Waals surface area contributed by atoms with E-state index in [0.29, 0.717) is 12.3 Å². The van der Waals surface area contributed by atoms with Crippen molar-refractivity contribution in [2.24, 2.45) is 5.92 Å². The van der Waals surface area contributed by atoms with Crippen molar-refractivity contribution in [3.8, 4) is 0 Å². The summed E-state index contributed by atoms with van der Waals surface area (Å²) in [6.07, 6.45) is 9.85. The van der Waals surface area contributed by atoms with E-state index in [0.717, 1.165) is 18.4 Å². The fourth-order valence-electron chi connectivity index (χ4n) is 1.94. The van der Waals surface area contributed by atoms with Gasteiger partial charge in [-0.2, -0.15) is 0 Å². The van der Waals surface area contributed by atoms with Crippen LogP contribution in [0.4, 0.5) is 0 Å². The quantitative estimate of drug-likeness (QED) is 0.760. The Bertz CT molecular complexity index is 398. The summed E-state index contributed by atoms with van der Waals surface area (Å²) in [6, 6.07) is 3.98. The Labute approximate surface area is 116 Å². The minimum atomic E-state index is 0.0521. The zero-order valence-electron chi connectivity index (χ0n) is 12.1. The first-order valence-corrected chi connectivity index (χ1v) is 6.97. The molecule has 0 spiro atoms. The second-order valence-electron chi connectivity index (χ2n) is 5.12. The summed E-state index contributed by atoms with van der Waals surface area (Å²) in [4.78, 5) is 16.0. The lowest BCUT2D eigenvalue weighted by atomic mass is 9.98. The predicted octanol–water partition coefficient (Wildman–Crippen LogP) is 3.64. The van der Waals surface area contributed by atoms with Gasteiger partial charge in [-0.15, -0.1) is 0 Å². The highest BCUT2D eigenvalue weighted by Crippen LogP contribution is 2.20. The number of carbonyl (C=O) groups is 1. The minimum Gasteiger partial charge on any atom is -0.349 e. The SMILES string of the molecule is CC/C=C/CC(=O)N[C@H](CC(C)C)c1cccnc1. The number of carbonyl (C=O) groups excluding carboxylic acids is 1. The van der Waals surface area contributed by atoms with Crippen LogP contribution in [0.3, 0.4) is 0 Å². The third-order valence-corrected chi connectivity index (χ3v) is 2.83. The van der Waals surface area contributed by atoms with Crippen molar-refractivity contribution < 1.29 is 4.79 Å². The van der Waals surface area contributed by atoms with Crippen molar-refractivity contribution in [3.63, 3.8) is 0 Å². The largest absolute Gasteiger partial charge is 0.349 e. The molecule has 1 rings (SSSR count). The monoisotopic (exact) mass is 260 g/mol. The molecule has 0 aliphatic carbocycles. The Morgan fingerprint density at radius 2 is 2.21 bits per heavy atom. The Morgan fingerprint density at radius 1 is 1.42 bits per heavy atom. The summed E-state index contributed by atoms with van der Waals surface area (Å²) < 4.78 is 0. The van der Waals surface area contributed by atoms with Gasteiger partial charge in [-0.3, -0.25) is 9.78 Å². The standard InChI is InChI=1S/C16H24N2O/c1-4-5-6-9-16(19)18-15(11-13(2)3)14-8-7-10-17-12-14/h5-8,10,12-13,15H,4,9,11H2,1-3H3,(H,18,19)/b6-5+/t15-/m1/s1. The van der Waals surface area contributed by atoms with E-state index in [9.17, 15) is 4.79 Å². The van der Waals surface area contributed by atoms with E-state index in [1.807, 2.05) is 30.5 Å². The van der Waals surface area contributed by atoms with E-state index in [-0.39, 0.29) is 11.9 Å². The summed E-state index contributed by atoms with van der Waals surface area (Å²) in [7, 11) is 0. The number of pyridine rings is 1. The van der Waals surface area contributed by atoms with E-state index in [4.69, 9.17) is 0 Å². The van der Waals surface area contributed by atoms with E-state index >= 15 is 0 Å². The first-order chi connectivity index (χ1) is 9.13. The Kier molecular flexibility index (Phi) is 6.86. The van der Waals surface area contributed by atoms with Crippen molar-refractivity contribution >= 4 is 5.91 Å². The van der Waals surface area contributed by atoms with E-state index in [2.05, 4.69) is 31.1 Å². The van der Waals surface area contributed by atoms with Gasteiger partial charge >= 0.3 is 0 Å². The number of aromatic nitrogens is 1. The van der Waals surface area contributed by atoms with E-state index < -0.39 is 0 Å². The van der Waals surface area contributed by atoms with Gasteiger partial charge in [-0.25, -0.2) is 0 Å². The van der Waals surface area contributed by atoms with E-state index in [1.54, 1.807) is 6.20 Å². The van der Waals surface area contributed by atoms with Crippen LogP contribution in [-0.4, -0.2) is 10.9 Å². The van der Waals surface area contributed by atoms with Gasteiger partial charge in [-0.1, -0.05) is 39.0 Å². The van der Waals surface area contributed by atoms with Crippen molar-refractivity contribution in [1.29, 1.82) is 0 Å². The third kappa shape index (κ3) is 6.18. The molecular weight excluding hydrogens is 236 g/mol. The molecule has 104 valence electrons. The van der Waals surface area contributed by atoms with Gasteiger partial charge in [0.05, 0.1) is 6.04 Å². The van der Waals surface area contributed by atoms with Gasteiger partial charge in [-0.05, 0) is 30.4 Å². The molecule has 1 aromatic rings. The molecule has 0 aromatic carbocycles. The second kappa shape index (κ2) is 8.46. The number of nitrogens with one attached hydrogen (secondary N) is 1. The molecule has 3 nitrogen and oxygen atoms in total. The van der Waals surface area contributed by atoms with E-state index in [1.165, 1.54) is 0 Å². The lowest BCUT2D eigenvalue weighted by molar-refractivity contribution is -0.121. The molecule has 0 aliphatic rings. The number of nitrogens with zero attached hydrogens (tertiary/aromatic N) is 1. The fraction of sp³-hybridized carbons (Fsp3) is 0.500. The topological polar surface area (TPSA) is 42.0 Å². The van der Waals surface area contributed by atoms with Crippen molar-refractivity contribution in [2.45, 2.75) is 46.1 Å². The maximum Gasteiger partial charge on any atom is 0.224 e. The van der Waals surface area contributed by atoms with Crippen LogP contribution in [0.5, 0.6) is 0 Å². The van der Waals surface area contributed by atoms with Gasteiger partial charge in [0.1, 0.15) is 0 Å². The molecule has 3 heteroatoms. The zero-order valence-corrected chi connectivity index (χ0v) is 12.1. The van der Waals surface area contributed by atoms with Crippen LogP contribution in [0, 0.1) is 5.92 Å². The van der Waals surface area contributed by atoms with Gasteiger partial charge in [0.2, 0.25) is 5.91 Å². The molecule has 0 saturated carbocycles. The maximum absolute atomic E-state index is 11.9. The predicted molar refractivity (Wildman–Crippen MR) is 78.6 cm³/mol. The average molecular weight is 260 g/mol. The maximum atomic E-state index is 11.9. The molecule has 1 heterocycles. The second-order valence-corrected chi connectivity index (χ2v) is 5.12. The van der Waals surface area contributed by atoms with Crippen LogP contribution in [0.25, 0.3) is 0 Å². The molecule has 0 radical (unpaired) electrons. The van der Waals surface area contributed by atoms with Gasteiger partial charge < -0.3 is 5.32 Å². The lowest BCUT2D eigenvalue weighted by Gasteiger charge is -2.20. The number of hydrogen-bond donors (Lipinski definition) is 1. The molecule has 1 aromatic heterocycles. The highest BCUT2D eigenvalue weighted by Gasteiger charge is 2.15. The lowest BCUT2D eigenvalue weighted by Crippen LogP contribution is -2.29. The number of hydrogen-bond acceptors (Lipinski definition) is 2. The molecule has 0 aliphatic heterocycles. The van der Waals surface area contributed by atoms with Gasteiger partial charge in [0.15, 0.2) is 0 Å². The molecular formula is C16H24N2O. The van der Waals surface area contributed by atoms with Crippen LogP contribution >= 0.6 is 0 Å². The highest BCUT2D eigenvalue weighted by molar-refractivity contribution is 5.77. The zero-order chi connectivity index (χ0) is 14.1. The first-order valence-electron chi connectivity index (χ1n) is 6.97. The summed E-state index contributed by atoms with van der Waals surface area (Å²) in [5.74, 6) is 0.593. The number of rotatable bonds is 7. The van der Waals surface area contributed by atoms with Crippen molar-refractivity contribution in [1.82, 2.24) is 10.3 Å². The molecule has 0 unspecified atom stereocenters. The molecule has 0 bridgehead atoms. The first kappa shape index (κ1) is 15.4. The highest BCUT2D eigenvalue weighted by atomic mass is 16.1. The van der Waals surface area contributed by atoms with Crippen LogP contribution in [0.15, 0.2) is 36.7 Å². The Morgan fingerprint density at radius 3 is 2.79 bits per heavy atom. The van der Waals surface area contributed by atoms with Crippen molar-refractivity contribution in [3.05, 3.63) is 42.2 Å². The molecule has 19 heavy (non-hydrogen) atoms. The molecule has 0 saturated heterocycles. The average Bonchev–Trinajstić information content (AvgIpc) is 2.39. The molecule has 1 amide bonds. The minimum absolute atomic E-state index is 0.0521. The fourth-order valence-corrected chi connectivity index (χ4v) is 1.94. The van der Waals surface area contributed by atoms with Crippen LogP contribution in [0.1, 0.15) is 51.6 Å². The summed E-state index contributed by atoms with van der Waals surface area (Å²) in [5, 5.41) is 3.09. The summed E-state index contributed by atoms with van der Waals surface area (Å²) in [6.45, 7) is 6.38. The van der Waals surface area contributed by atoms with Crippen LogP contribution < -0.4 is 5.32 Å². The Hall–Kier alpha value is -1.64. The Balaban J connectivity index is 2.65. The van der Waals surface area contributed by atoms with Crippen molar-refractivity contribution in [2.75, 3.05) is 0 Å². The third-order valence-electron chi connectivity index (χ3n) is 2.83. The summed E-state index contributed by atoms with van der Waals surface area (Å²) in [5.41, 5.74) is 1.07. The summed E-state index contributed by atoms with van der Waals surface area (Å²) >= 11 is 0. The normalized spacial score (nSPS) is 12.8. The number of allylic oxidation sites excluding steroid dienone is 1.